The number of aromatic nitrogens is 2. The largest absolute Gasteiger partial charge is 0.382 e. The second-order valence-electron chi connectivity index (χ2n) is 10.4. The van der Waals surface area contributed by atoms with Gasteiger partial charge in [-0.05, 0) is 48.9 Å². The van der Waals surface area contributed by atoms with Crippen molar-refractivity contribution in [2.24, 2.45) is 5.92 Å². The van der Waals surface area contributed by atoms with E-state index in [9.17, 15) is 26.8 Å². The van der Waals surface area contributed by atoms with Gasteiger partial charge in [-0.25, -0.2) is 21.9 Å². The van der Waals surface area contributed by atoms with Gasteiger partial charge in [0.15, 0.2) is 9.84 Å². The van der Waals surface area contributed by atoms with E-state index < -0.39 is 33.3 Å². The molecule has 0 aliphatic heterocycles. The number of nitrogens with zero attached hydrogens (tertiary/aromatic N) is 2. The number of rotatable bonds is 12. The lowest BCUT2D eigenvalue weighted by Crippen LogP contribution is -2.44. The third-order valence-electron chi connectivity index (χ3n) is 6.88. The van der Waals surface area contributed by atoms with Crippen molar-refractivity contribution in [2.45, 2.75) is 77.3 Å². The lowest BCUT2D eigenvalue weighted by atomic mass is 9.88. The van der Waals surface area contributed by atoms with E-state index >= 15 is 0 Å². The van der Waals surface area contributed by atoms with Crippen molar-refractivity contribution in [1.29, 1.82) is 0 Å². The molecule has 3 N–H and O–H groups in total. The summed E-state index contributed by atoms with van der Waals surface area (Å²) in [7, 11) is -3.57. The number of alkyl halides is 2. The van der Waals surface area contributed by atoms with Crippen molar-refractivity contribution in [2.75, 3.05) is 28.0 Å². The number of anilines is 3. The van der Waals surface area contributed by atoms with Gasteiger partial charge in [-0.15, -0.1) is 0 Å². The quantitative estimate of drug-likeness (QED) is 0.363. The van der Waals surface area contributed by atoms with Gasteiger partial charge >= 0.3 is 0 Å². The molecule has 9 nitrogen and oxygen atoms in total. The minimum absolute atomic E-state index is 0.191. The van der Waals surface area contributed by atoms with Crippen LogP contribution in [0.4, 0.5) is 26.0 Å². The van der Waals surface area contributed by atoms with Gasteiger partial charge in [0.2, 0.25) is 5.91 Å². The first-order valence-electron chi connectivity index (χ1n) is 13.0. The first-order valence-corrected chi connectivity index (χ1v) is 15.1. The maximum absolute atomic E-state index is 13.6. The molecule has 1 heterocycles. The third-order valence-corrected chi connectivity index (χ3v) is 7.67. The molecule has 0 bridgehead atoms. The molecule has 4 rings (SSSR count). The van der Waals surface area contributed by atoms with Crippen LogP contribution in [0.15, 0.2) is 18.2 Å². The molecule has 1 aromatic carbocycles. The fourth-order valence-corrected chi connectivity index (χ4v) is 5.23. The SMILES string of the molecule is CCc1cc(NC2CC(F)(F)C2)ccc1NC(=O)c1c(CC)nn(CCC2CC2)c1NC(=O)CS(C)(=O)=O. The number of sulfone groups is 1. The van der Waals surface area contributed by atoms with Crippen LogP contribution in [0.25, 0.3) is 0 Å². The predicted octanol–water partition coefficient (Wildman–Crippen LogP) is 4.25. The van der Waals surface area contributed by atoms with Crippen LogP contribution in [0.1, 0.15) is 67.6 Å². The molecule has 2 amide bonds. The van der Waals surface area contributed by atoms with E-state index in [0.717, 1.165) is 31.1 Å². The maximum atomic E-state index is 13.6. The zero-order chi connectivity index (χ0) is 27.7. The van der Waals surface area contributed by atoms with Crippen LogP contribution in [-0.2, 0) is 34.0 Å². The Morgan fingerprint density at radius 1 is 1.13 bits per heavy atom. The first-order chi connectivity index (χ1) is 17.9. The summed E-state index contributed by atoms with van der Waals surface area (Å²) in [4.78, 5) is 26.1. The zero-order valence-electron chi connectivity index (χ0n) is 21.9. The van der Waals surface area contributed by atoms with Gasteiger partial charge in [-0.1, -0.05) is 26.7 Å². The van der Waals surface area contributed by atoms with E-state index in [1.54, 1.807) is 16.8 Å². The molecule has 0 radical (unpaired) electrons. The van der Waals surface area contributed by atoms with Crippen molar-refractivity contribution in [3.8, 4) is 0 Å². The topological polar surface area (TPSA) is 122 Å². The van der Waals surface area contributed by atoms with Gasteiger partial charge in [0.25, 0.3) is 11.8 Å². The van der Waals surface area contributed by atoms with Crippen LogP contribution in [0.3, 0.4) is 0 Å². The second kappa shape index (κ2) is 11.0. The number of amides is 2. The molecule has 0 spiro atoms. The summed E-state index contributed by atoms with van der Waals surface area (Å²) >= 11 is 0. The molecule has 208 valence electrons. The molecule has 2 aromatic rings. The number of hydrogen-bond acceptors (Lipinski definition) is 6. The van der Waals surface area contributed by atoms with E-state index in [1.807, 2.05) is 19.9 Å². The van der Waals surface area contributed by atoms with E-state index in [0.29, 0.717) is 42.4 Å². The van der Waals surface area contributed by atoms with Crippen LogP contribution >= 0.6 is 0 Å². The molecule has 2 fully saturated rings. The number of benzene rings is 1. The van der Waals surface area contributed by atoms with Gasteiger partial charge < -0.3 is 16.0 Å². The third kappa shape index (κ3) is 7.09. The van der Waals surface area contributed by atoms with E-state index in [4.69, 9.17) is 0 Å². The molecule has 2 saturated carbocycles. The summed E-state index contributed by atoms with van der Waals surface area (Å²) in [5.74, 6) is -3.74. The average Bonchev–Trinajstić information content (AvgIpc) is 3.57. The highest BCUT2D eigenvalue weighted by atomic mass is 32.2. The lowest BCUT2D eigenvalue weighted by molar-refractivity contribution is -0.113. The molecule has 2 aliphatic rings. The normalized spacial score (nSPS) is 17.1. The fourth-order valence-electron chi connectivity index (χ4n) is 4.69. The van der Waals surface area contributed by atoms with Crippen molar-refractivity contribution < 1.29 is 26.8 Å². The number of nitrogens with one attached hydrogen (secondary N) is 3. The summed E-state index contributed by atoms with van der Waals surface area (Å²) in [5.41, 5.74) is 2.77. The van der Waals surface area contributed by atoms with Crippen molar-refractivity contribution in [3.63, 3.8) is 0 Å². The fraction of sp³-hybridized carbons (Fsp3) is 0.577. The van der Waals surface area contributed by atoms with Crippen LogP contribution in [0.2, 0.25) is 0 Å². The Labute approximate surface area is 221 Å². The Morgan fingerprint density at radius 3 is 2.42 bits per heavy atom. The molecule has 0 unspecified atom stereocenters. The first kappa shape index (κ1) is 28.0. The van der Waals surface area contributed by atoms with E-state index in [-0.39, 0.29) is 30.3 Å². The average molecular weight is 552 g/mol. The predicted molar refractivity (Wildman–Crippen MR) is 143 cm³/mol. The van der Waals surface area contributed by atoms with Gasteiger partial charge in [0.1, 0.15) is 17.1 Å². The number of carbonyl (C=O) groups is 2. The summed E-state index contributed by atoms with van der Waals surface area (Å²) in [5, 5.41) is 13.2. The summed E-state index contributed by atoms with van der Waals surface area (Å²) in [6, 6.07) is 5.00. The molecule has 1 aromatic heterocycles. The Hall–Kier alpha value is -3.02. The molecule has 0 atom stereocenters. The number of carbonyl (C=O) groups excluding carboxylic acids is 2. The Balaban J connectivity index is 1.57. The molecule has 12 heteroatoms. The molecular formula is C26H35F2N5O4S. The van der Waals surface area contributed by atoms with Gasteiger partial charge in [0.05, 0.1) is 5.69 Å². The smallest absolute Gasteiger partial charge is 0.261 e. The Bertz CT molecular complexity index is 1310. The highest BCUT2D eigenvalue weighted by Gasteiger charge is 2.45. The molecular weight excluding hydrogens is 516 g/mol. The monoisotopic (exact) mass is 551 g/mol. The second-order valence-corrected chi connectivity index (χ2v) is 12.5. The van der Waals surface area contributed by atoms with Crippen molar-refractivity contribution in [3.05, 3.63) is 35.0 Å². The van der Waals surface area contributed by atoms with Crippen molar-refractivity contribution in [1.82, 2.24) is 9.78 Å². The van der Waals surface area contributed by atoms with E-state index in [2.05, 4.69) is 21.0 Å². The minimum Gasteiger partial charge on any atom is -0.382 e. The van der Waals surface area contributed by atoms with Crippen LogP contribution in [0, 0.1) is 5.92 Å². The van der Waals surface area contributed by atoms with Crippen LogP contribution in [0.5, 0.6) is 0 Å². The van der Waals surface area contributed by atoms with Gasteiger partial charge in [-0.3, -0.25) is 9.59 Å². The van der Waals surface area contributed by atoms with Gasteiger partial charge in [-0.2, -0.15) is 5.10 Å². The number of hydrogen-bond donors (Lipinski definition) is 3. The van der Waals surface area contributed by atoms with Crippen LogP contribution in [-0.4, -0.2) is 54.0 Å². The highest BCUT2D eigenvalue weighted by molar-refractivity contribution is 7.91. The zero-order valence-corrected chi connectivity index (χ0v) is 22.8. The minimum atomic E-state index is -3.57. The molecule has 2 aliphatic carbocycles. The maximum Gasteiger partial charge on any atom is 0.261 e. The van der Waals surface area contributed by atoms with Crippen molar-refractivity contribution >= 4 is 38.8 Å². The van der Waals surface area contributed by atoms with Crippen LogP contribution < -0.4 is 16.0 Å². The lowest BCUT2D eigenvalue weighted by Gasteiger charge is -2.36. The summed E-state index contributed by atoms with van der Waals surface area (Å²) in [6.45, 7) is 4.28. The Kier molecular flexibility index (Phi) is 8.10. The summed E-state index contributed by atoms with van der Waals surface area (Å²) < 4.78 is 51.3. The highest BCUT2D eigenvalue weighted by Crippen LogP contribution is 2.39. The number of aryl methyl sites for hydroxylation is 3. The number of halogens is 2. The van der Waals surface area contributed by atoms with E-state index in [1.165, 1.54) is 0 Å². The molecule has 0 saturated heterocycles. The standard InChI is InChI=1S/C26H35F2N5O4S/c1-4-17-12-18(29-19-13-26(27,28)14-19)8-9-21(17)30-25(35)23-20(5-2)32-33(11-10-16-6-7-16)24(23)31-22(34)15-38(3,36)37/h8-9,12,16,19,29H,4-7,10-11,13-15H2,1-3H3,(H,30,35)(H,31,34). The molecule has 38 heavy (non-hydrogen) atoms. The Morgan fingerprint density at radius 2 is 1.84 bits per heavy atom. The van der Waals surface area contributed by atoms with Gasteiger partial charge in [0, 0.05) is 43.1 Å². The summed E-state index contributed by atoms with van der Waals surface area (Å²) in [6.07, 6.45) is 4.72.